The zero-order chi connectivity index (χ0) is 27.5. The van der Waals surface area contributed by atoms with Gasteiger partial charge in [-0.05, 0) is 35.7 Å². The number of nitrogens with one attached hydrogen (secondary N) is 1. The number of carbonyl (C=O) groups excluding carboxylic acids is 2. The Labute approximate surface area is 233 Å². The molecule has 0 fully saturated rings. The number of fused-ring (bicyclic) bond motifs is 1. The van der Waals surface area contributed by atoms with Gasteiger partial charge in [0.1, 0.15) is 5.82 Å². The molecular weight excluding hydrogens is 512 g/mol. The van der Waals surface area contributed by atoms with Gasteiger partial charge in [0.25, 0.3) is 11.8 Å². The van der Waals surface area contributed by atoms with E-state index in [0.29, 0.717) is 22.7 Å². The van der Waals surface area contributed by atoms with Crippen molar-refractivity contribution in [2.24, 2.45) is 5.92 Å². The first-order chi connectivity index (χ1) is 18.8. The third-order valence-electron chi connectivity index (χ3n) is 6.91. The lowest BCUT2D eigenvalue weighted by atomic mass is 10.0. The Kier molecular flexibility index (Phi) is 7.93. The lowest BCUT2D eigenvalue weighted by molar-refractivity contribution is 0.0537. The van der Waals surface area contributed by atoms with Crippen molar-refractivity contribution in [2.45, 2.75) is 32.5 Å². The largest absolute Gasteiger partial charge is 0.390 e. The van der Waals surface area contributed by atoms with E-state index >= 15 is 0 Å². The lowest BCUT2D eigenvalue weighted by Crippen LogP contribution is -2.42. The number of aliphatic hydroxyl groups is 1. The number of halogens is 1. The summed E-state index contributed by atoms with van der Waals surface area (Å²) in [6.45, 7) is 4.91. The van der Waals surface area contributed by atoms with E-state index in [1.165, 1.54) is 0 Å². The fourth-order valence-corrected chi connectivity index (χ4v) is 5.13. The second-order valence-corrected chi connectivity index (χ2v) is 10.6. The average Bonchev–Trinajstić information content (AvgIpc) is 3.44. The van der Waals surface area contributed by atoms with Crippen molar-refractivity contribution in [3.05, 3.63) is 113 Å². The molecule has 2 amide bonds. The molecule has 8 heteroatoms. The van der Waals surface area contributed by atoms with Crippen LogP contribution in [0.15, 0.2) is 85.1 Å². The van der Waals surface area contributed by atoms with Crippen LogP contribution in [0, 0.1) is 5.92 Å². The molecule has 1 aliphatic heterocycles. The maximum Gasteiger partial charge on any atom is 0.261 e. The number of hydrogen-bond acceptors (Lipinski definition) is 5. The van der Waals surface area contributed by atoms with Crippen LogP contribution in [0.3, 0.4) is 0 Å². The molecule has 5 rings (SSSR count). The molecule has 200 valence electrons. The van der Waals surface area contributed by atoms with Gasteiger partial charge in [0, 0.05) is 29.9 Å². The lowest BCUT2D eigenvalue weighted by Gasteiger charge is -2.26. The number of β-amino-alcohol motifs (C(OH)–C–C–N with tert-alkyl or cyclic N) is 1. The van der Waals surface area contributed by atoms with Crippen LogP contribution in [-0.4, -0.2) is 50.6 Å². The van der Waals surface area contributed by atoms with Crippen LogP contribution < -0.4 is 5.32 Å². The maximum atomic E-state index is 12.7. The number of amides is 2. The van der Waals surface area contributed by atoms with Crippen molar-refractivity contribution in [3.63, 3.8) is 0 Å². The van der Waals surface area contributed by atoms with Crippen LogP contribution in [0.25, 0.3) is 11.3 Å². The predicted molar refractivity (Wildman–Crippen MR) is 152 cm³/mol. The standard InChI is InChI=1S/C31H31ClN4O3/c1-20(2)28(33-16-24(37)18-36-30(38)25-13-6-7-14-26(25)31(36)39)29-34-27(22-11-8-12-23(32)15-22)19-35(29)17-21-9-4-3-5-10-21/h3-15,19-20,24,28,33,37H,16-18H2,1-2H3/t24?,28-/m1/s1. The van der Waals surface area contributed by atoms with Crippen LogP contribution in [0.1, 0.15) is 52.0 Å². The van der Waals surface area contributed by atoms with Gasteiger partial charge in [-0.15, -0.1) is 0 Å². The summed E-state index contributed by atoms with van der Waals surface area (Å²) in [5, 5.41) is 15.0. The van der Waals surface area contributed by atoms with Gasteiger partial charge < -0.3 is 15.0 Å². The Hall–Kier alpha value is -3.78. The van der Waals surface area contributed by atoms with Gasteiger partial charge in [0.15, 0.2) is 0 Å². The third-order valence-corrected chi connectivity index (χ3v) is 7.15. The minimum Gasteiger partial charge on any atom is -0.390 e. The van der Waals surface area contributed by atoms with Crippen LogP contribution >= 0.6 is 11.6 Å². The molecule has 1 aliphatic rings. The van der Waals surface area contributed by atoms with E-state index in [2.05, 4.69) is 35.9 Å². The van der Waals surface area contributed by atoms with Gasteiger partial charge in [-0.3, -0.25) is 14.5 Å². The van der Waals surface area contributed by atoms with Crippen molar-refractivity contribution in [2.75, 3.05) is 13.1 Å². The number of aromatic nitrogens is 2. The van der Waals surface area contributed by atoms with Crippen molar-refractivity contribution in [1.29, 1.82) is 0 Å². The molecule has 7 nitrogen and oxygen atoms in total. The third kappa shape index (κ3) is 5.81. The van der Waals surface area contributed by atoms with Crippen molar-refractivity contribution in [1.82, 2.24) is 19.8 Å². The Morgan fingerprint density at radius 1 is 0.923 bits per heavy atom. The minimum absolute atomic E-state index is 0.0869. The monoisotopic (exact) mass is 542 g/mol. The highest BCUT2D eigenvalue weighted by atomic mass is 35.5. The molecular formula is C31H31ClN4O3. The van der Waals surface area contributed by atoms with E-state index < -0.39 is 6.10 Å². The molecule has 0 saturated heterocycles. The summed E-state index contributed by atoms with van der Waals surface area (Å²) in [6.07, 6.45) is 1.08. The summed E-state index contributed by atoms with van der Waals surface area (Å²) in [6, 6.07) is 24.3. The van der Waals surface area contributed by atoms with Gasteiger partial charge in [-0.2, -0.15) is 0 Å². The molecule has 1 unspecified atom stereocenters. The first kappa shape index (κ1) is 26.8. The Morgan fingerprint density at radius 2 is 1.59 bits per heavy atom. The summed E-state index contributed by atoms with van der Waals surface area (Å²) in [4.78, 5) is 31.6. The van der Waals surface area contributed by atoms with E-state index in [-0.39, 0.29) is 36.9 Å². The van der Waals surface area contributed by atoms with Crippen molar-refractivity contribution >= 4 is 23.4 Å². The van der Waals surface area contributed by atoms with E-state index in [0.717, 1.165) is 27.5 Å². The summed E-state index contributed by atoms with van der Waals surface area (Å²) < 4.78 is 2.12. The number of aliphatic hydroxyl groups excluding tert-OH is 1. The first-order valence-corrected chi connectivity index (χ1v) is 13.4. The molecule has 0 bridgehead atoms. The number of imidazole rings is 1. The minimum atomic E-state index is -0.946. The van der Waals surface area contributed by atoms with Crippen LogP contribution in [0.5, 0.6) is 0 Å². The van der Waals surface area contributed by atoms with E-state index in [1.54, 1.807) is 24.3 Å². The summed E-state index contributed by atoms with van der Waals surface area (Å²) in [7, 11) is 0. The SMILES string of the molecule is CC(C)[C@@H](NCC(O)CN1C(=O)c2ccccc2C1=O)c1nc(-c2cccc(Cl)c2)cn1Cc1ccccc1. The summed E-state index contributed by atoms with van der Waals surface area (Å²) >= 11 is 6.26. The second-order valence-electron chi connectivity index (χ2n) is 10.2. The van der Waals surface area contributed by atoms with Gasteiger partial charge in [-0.1, -0.05) is 80.0 Å². The van der Waals surface area contributed by atoms with Gasteiger partial charge >= 0.3 is 0 Å². The molecule has 2 heterocycles. The topological polar surface area (TPSA) is 87.5 Å². The number of carbonyl (C=O) groups is 2. The highest BCUT2D eigenvalue weighted by Gasteiger charge is 2.36. The van der Waals surface area contributed by atoms with Gasteiger partial charge in [-0.25, -0.2) is 4.98 Å². The first-order valence-electron chi connectivity index (χ1n) is 13.1. The summed E-state index contributed by atoms with van der Waals surface area (Å²) in [5.41, 5.74) is 3.62. The van der Waals surface area contributed by atoms with E-state index in [9.17, 15) is 14.7 Å². The molecule has 0 aliphatic carbocycles. The zero-order valence-corrected chi connectivity index (χ0v) is 22.7. The zero-order valence-electron chi connectivity index (χ0n) is 21.9. The fraction of sp³-hybridized carbons (Fsp3) is 0.258. The predicted octanol–water partition coefficient (Wildman–Crippen LogP) is 5.20. The van der Waals surface area contributed by atoms with Crippen LogP contribution in [0.4, 0.5) is 0 Å². The molecule has 4 aromatic rings. The molecule has 1 aromatic heterocycles. The Balaban J connectivity index is 1.36. The number of nitrogens with zero attached hydrogens (tertiary/aromatic N) is 3. The number of imide groups is 1. The second kappa shape index (κ2) is 11.5. The maximum absolute atomic E-state index is 12.7. The van der Waals surface area contributed by atoms with Crippen LogP contribution in [-0.2, 0) is 6.54 Å². The highest BCUT2D eigenvalue weighted by Crippen LogP contribution is 2.28. The molecule has 2 N–H and O–H groups in total. The number of rotatable bonds is 10. The van der Waals surface area contributed by atoms with E-state index in [1.807, 2.05) is 48.7 Å². The average molecular weight is 543 g/mol. The molecule has 39 heavy (non-hydrogen) atoms. The van der Waals surface area contributed by atoms with Crippen molar-refractivity contribution < 1.29 is 14.7 Å². The Morgan fingerprint density at radius 3 is 2.23 bits per heavy atom. The highest BCUT2D eigenvalue weighted by molar-refractivity contribution is 6.30. The van der Waals surface area contributed by atoms with Gasteiger partial charge in [0.2, 0.25) is 0 Å². The van der Waals surface area contributed by atoms with Crippen LogP contribution in [0.2, 0.25) is 5.02 Å². The molecule has 3 aromatic carbocycles. The molecule has 0 spiro atoms. The van der Waals surface area contributed by atoms with Gasteiger partial charge in [0.05, 0.1) is 35.5 Å². The number of hydrogen-bond donors (Lipinski definition) is 2. The normalized spacial score (nSPS) is 14.6. The molecule has 0 saturated carbocycles. The fourth-order valence-electron chi connectivity index (χ4n) is 4.94. The Bertz CT molecular complexity index is 1450. The smallest absolute Gasteiger partial charge is 0.261 e. The van der Waals surface area contributed by atoms with Crippen molar-refractivity contribution in [3.8, 4) is 11.3 Å². The summed E-state index contributed by atoms with van der Waals surface area (Å²) in [5.74, 6) is 0.219. The molecule has 0 radical (unpaired) electrons. The van der Waals surface area contributed by atoms with E-state index in [4.69, 9.17) is 16.6 Å². The quantitative estimate of drug-likeness (QED) is 0.269. The number of benzene rings is 3. The molecule has 2 atom stereocenters.